The summed E-state index contributed by atoms with van der Waals surface area (Å²) in [5.74, 6) is 1.35. The Morgan fingerprint density at radius 3 is 2.59 bits per heavy atom. The summed E-state index contributed by atoms with van der Waals surface area (Å²) < 4.78 is 38.7. The standard InChI is InChI=1S/C25H26F3N3O/c1-16-8-10-31(11-9-16)23-12-17(2)21-15-20(6-7-22(21)30-23)29-24(32)14-18-4-3-5-19(13-18)25(26,27)28/h3-7,12-13,15-16H,8-11,14H2,1-2H3,(H,29,32). The van der Waals surface area contributed by atoms with Crippen LogP contribution in [0.5, 0.6) is 0 Å². The number of hydrogen-bond acceptors (Lipinski definition) is 3. The highest BCUT2D eigenvalue weighted by atomic mass is 19.4. The number of pyridine rings is 1. The fraction of sp³-hybridized carbons (Fsp3) is 0.360. The third kappa shape index (κ3) is 5.03. The van der Waals surface area contributed by atoms with E-state index in [0.29, 0.717) is 11.3 Å². The molecule has 2 aromatic carbocycles. The Hall–Kier alpha value is -3.09. The van der Waals surface area contributed by atoms with E-state index in [1.165, 1.54) is 12.1 Å². The van der Waals surface area contributed by atoms with Gasteiger partial charge in [-0.2, -0.15) is 13.2 Å². The lowest BCUT2D eigenvalue weighted by molar-refractivity contribution is -0.137. The number of carbonyl (C=O) groups excluding carboxylic acids is 1. The SMILES string of the molecule is Cc1cc(N2CCC(C)CC2)nc2ccc(NC(=O)Cc3cccc(C(F)(F)F)c3)cc12. The van der Waals surface area contributed by atoms with Crippen LogP contribution in [0.25, 0.3) is 10.9 Å². The topological polar surface area (TPSA) is 45.2 Å². The number of amides is 1. The van der Waals surface area contributed by atoms with Crippen LogP contribution in [0.15, 0.2) is 48.5 Å². The maximum atomic E-state index is 12.9. The second kappa shape index (κ2) is 8.81. The second-order valence-electron chi connectivity index (χ2n) is 8.62. The van der Waals surface area contributed by atoms with Crippen LogP contribution < -0.4 is 10.2 Å². The molecule has 4 rings (SSSR count). The Labute approximate surface area is 185 Å². The van der Waals surface area contributed by atoms with E-state index in [1.54, 1.807) is 6.07 Å². The monoisotopic (exact) mass is 441 g/mol. The van der Waals surface area contributed by atoms with E-state index in [4.69, 9.17) is 4.98 Å². The number of carbonyl (C=O) groups is 1. The van der Waals surface area contributed by atoms with Crippen molar-refractivity contribution in [1.29, 1.82) is 0 Å². The quantitative estimate of drug-likeness (QED) is 0.542. The van der Waals surface area contributed by atoms with E-state index < -0.39 is 11.7 Å². The van der Waals surface area contributed by atoms with Gasteiger partial charge in [0.1, 0.15) is 5.82 Å². The lowest BCUT2D eigenvalue weighted by Gasteiger charge is -2.31. The van der Waals surface area contributed by atoms with Crippen molar-refractivity contribution in [2.45, 2.75) is 39.3 Å². The molecule has 1 aromatic heterocycles. The zero-order chi connectivity index (χ0) is 22.9. The van der Waals surface area contributed by atoms with Crippen LogP contribution in [-0.4, -0.2) is 24.0 Å². The molecule has 32 heavy (non-hydrogen) atoms. The van der Waals surface area contributed by atoms with Crippen molar-refractivity contribution < 1.29 is 18.0 Å². The van der Waals surface area contributed by atoms with Crippen molar-refractivity contribution >= 4 is 28.3 Å². The van der Waals surface area contributed by atoms with Gasteiger partial charge in [-0.25, -0.2) is 4.98 Å². The van der Waals surface area contributed by atoms with Crippen LogP contribution in [0.1, 0.15) is 36.5 Å². The van der Waals surface area contributed by atoms with Gasteiger partial charge in [-0.1, -0.05) is 25.1 Å². The van der Waals surface area contributed by atoms with Crippen LogP contribution >= 0.6 is 0 Å². The number of fused-ring (bicyclic) bond motifs is 1. The highest BCUT2D eigenvalue weighted by Gasteiger charge is 2.30. The average molecular weight is 441 g/mol. The smallest absolute Gasteiger partial charge is 0.357 e. The Kier molecular flexibility index (Phi) is 6.09. The van der Waals surface area contributed by atoms with Gasteiger partial charge in [0.05, 0.1) is 17.5 Å². The first kappa shape index (κ1) is 22.1. The van der Waals surface area contributed by atoms with Crippen LogP contribution in [0.4, 0.5) is 24.7 Å². The number of alkyl halides is 3. The van der Waals surface area contributed by atoms with Gasteiger partial charge >= 0.3 is 6.18 Å². The number of aryl methyl sites for hydroxylation is 1. The van der Waals surface area contributed by atoms with Gasteiger partial charge in [-0.3, -0.25) is 4.79 Å². The largest absolute Gasteiger partial charge is 0.416 e. The zero-order valence-corrected chi connectivity index (χ0v) is 18.2. The van der Waals surface area contributed by atoms with Crippen LogP contribution in [0.3, 0.4) is 0 Å². The van der Waals surface area contributed by atoms with E-state index in [0.717, 1.165) is 66.3 Å². The van der Waals surface area contributed by atoms with Crippen LogP contribution in [0.2, 0.25) is 0 Å². The molecule has 0 unspecified atom stereocenters. The number of anilines is 2. The number of piperidine rings is 1. The van der Waals surface area contributed by atoms with Crippen molar-refractivity contribution in [3.63, 3.8) is 0 Å². The van der Waals surface area contributed by atoms with Gasteiger partial charge in [0.2, 0.25) is 5.91 Å². The third-order valence-corrected chi connectivity index (χ3v) is 6.01. The van der Waals surface area contributed by atoms with Gasteiger partial charge in [-0.05, 0) is 67.1 Å². The molecule has 1 aliphatic heterocycles. The molecule has 1 N–H and O–H groups in total. The molecule has 1 fully saturated rings. The van der Waals surface area contributed by atoms with Crippen LogP contribution in [0, 0.1) is 12.8 Å². The van der Waals surface area contributed by atoms with E-state index >= 15 is 0 Å². The summed E-state index contributed by atoms with van der Waals surface area (Å²) in [6.45, 7) is 6.30. The minimum Gasteiger partial charge on any atom is -0.357 e. The van der Waals surface area contributed by atoms with Gasteiger partial charge < -0.3 is 10.2 Å². The molecule has 0 saturated carbocycles. The Morgan fingerprint density at radius 2 is 1.88 bits per heavy atom. The fourth-order valence-corrected chi connectivity index (χ4v) is 4.10. The van der Waals surface area contributed by atoms with Crippen molar-refractivity contribution in [3.8, 4) is 0 Å². The molecule has 1 saturated heterocycles. The summed E-state index contributed by atoms with van der Waals surface area (Å²) in [6.07, 6.45) is -2.24. The van der Waals surface area contributed by atoms with E-state index in [-0.39, 0.29) is 12.3 Å². The van der Waals surface area contributed by atoms with Crippen molar-refractivity contribution in [2.75, 3.05) is 23.3 Å². The molecule has 3 aromatic rings. The highest BCUT2D eigenvalue weighted by molar-refractivity contribution is 5.95. The molecule has 168 valence electrons. The number of rotatable bonds is 4. The molecule has 0 atom stereocenters. The van der Waals surface area contributed by atoms with Crippen molar-refractivity contribution in [2.24, 2.45) is 5.92 Å². The maximum Gasteiger partial charge on any atom is 0.416 e. The molecule has 0 aliphatic carbocycles. The summed E-state index contributed by atoms with van der Waals surface area (Å²) in [6, 6.07) is 12.4. The molecular weight excluding hydrogens is 415 g/mol. The lowest BCUT2D eigenvalue weighted by Crippen LogP contribution is -2.33. The third-order valence-electron chi connectivity index (χ3n) is 6.01. The second-order valence-corrected chi connectivity index (χ2v) is 8.62. The first-order chi connectivity index (χ1) is 15.2. The molecule has 2 heterocycles. The first-order valence-electron chi connectivity index (χ1n) is 10.8. The summed E-state index contributed by atoms with van der Waals surface area (Å²) in [7, 11) is 0. The predicted octanol–water partition coefficient (Wildman–Crippen LogP) is 5.98. The van der Waals surface area contributed by atoms with Gasteiger partial charge in [0.15, 0.2) is 0 Å². The summed E-state index contributed by atoms with van der Waals surface area (Å²) in [4.78, 5) is 19.6. The maximum absolute atomic E-state index is 12.9. The van der Waals surface area contributed by atoms with Gasteiger partial charge in [0, 0.05) is 24.2 Å². The molecule has 4 nitrogen and oxygen atoms in total. The van der Waals surface area contributed by atoms with Gasteiger partial charge in [-0.15, -0.1) is 0 Å². The van der Waals surface area contributed by atoms with Gasteiger partial charge in [0.25, 0.3) is 0 Å². The molecule has 1 amide bonds. The predicted molar refractivity (Wildman–Crippen MR) is 121 cm³/mol. The van der Waals surface area contributed by atoms with Crippen molar-refractivity contribution in [3.05, 3.63) is 65.2 Å². The van der Waals surface area contributed by atoms with Crippen molar-refractivity contribution in [1.82, 2.24) is 4.98 Å². The first-order valence-corrected chi connectivity index (χ1v) is 10.8. The molecule has 1 aliphatic rings. The molecule has 0 bridgehead atoms. The summed E-state index contributed by atoms with van der Waals surface area (Å²) in [5, 5.41) is 3.73. The minimum atomic E-state index is -4.43. The number of hydrogen-bond donors (Lipinski definition) is 1. The van der Waals surface area contributed by atoms with Crippen LogP contribution in [-0.2, 0) is 17.4 Å². The Morgan fingerprint density at radius 1 is 1.12 bits per heavy atom. The van der Waals surface area contributed by atoms with E-state index in [1.807, 2.05) is 19.1 Å². The number of aromatic nitrogens is 1. The zero-order valence-electron chi connectivity index (χ0n) is 18.2. The molecule has 0 spiro atoms. The number of halogens is 3. The number of nitrogens with one attached hydrogen (secondary N) is 1. The lowest BCUT2D eigenvalue weighted by atomic mass is 9.99. The fourth-order valence-electron chi connectivity index (χ4n) is 4.10. The average Bonchev–Trinajstić information content (AvgIpc) is 2.74. The Bertz CT molecular complexity index is 1130. The molecular formula is C25H26F3N3O. The summed E-state index contributed by atoms with van der Waals surface area (Å²) >= 11 is 0. The number of benzene rings is 2. The normalized spacial score (nSPS) is 15.2. The van der Waals surface area contributed by atoms with E-state index in [2.05, 4.69) is 23.2 Å². The Balaban J connectivity index is 1.48. The minimum absolute atomic E-state index is 0.133. The van der Waals surface area contributed by atoms with E-state index in [9.17, 15) is 18.0 Å². The number of nitrogens with zero attached hydrogens (tertiary/aromatic N) is 2. The molecule has 0 radical (unpaired) electrons. The summed E-state index contributed by atoms with van der Waals surface area (Å²) in [5.41, 5.74) is 2.08. The highest BCUT2D eigenvalue weighted by Crippen LogP contribution is 2.30. The molecule has 7 heteroatoms.